The number of aromatic nitrogens is 3. The van der Waals surface area contributed by atoms with Gasteiger partial charge >= 0.3 is 6.18 Å². The lowest BCUT2D eigenvalue weighted by atomic mass is 10.2. The maximum atomic E-state index is 14.5. The zero-order chi connectivity index (χ0) is 24.3. The molecule has 0 bridgehead atoms. The lowest BCUT2D eigenvalue weighted by Crippen LogP contribution is -2.48. The largest absolute Gasteiger partial charge is 0.455 e. The Morgan fingerprint density at radius 3 is 2.44 bits per heavy atom. The van der Waals surface area contributed by atoms with Gasteiger partial charge in [-0.05, 0) is 25.0 Å². The molecule has 2 amide bonds. The van der Waals surface area contributed by atoms with Crippen LogP contribution in [0.5, 0.6) is 11.5 Å². The summed E-state index contributed by atoms with van der Waals surface area (Å²) in [5, 5.41) is 5.15. The highest BCUT2D eigenvalue weighted by atomic mass is 19.4. The second kappa shape index (κ2) is 9.04. The number of carbonyl (C=O) groups is 2. The highest BCUT2D eigenvalue weighted by molar-refractivity contribution is 6.00. The number of nitrogens with one attached hydrogen (secondary N) is 2. The summed E-state index contributed by atoms with van der Waals surface area (Å²) in [6.45, 7) is -0.295. The summed E-state index contributed by atoms with van der Waals surface area (Å²) in [6.07, 6.45) is 1.11. The molecule has 0 spiro atoms. The Hall–Kier alpha value is -4.09. The average Bonchev–Trinajstić information content (AvgIpc) is 3.59. The van der Waals surface area contributed by atoms with Crippen molar-refractivity contribution in [3.63, 3.8) is 0 Å². The van der Waals surface area contributed by atoms with Crippen molar-refractivity contribution in [2.75, 3.05) is 0 Å². The fraction of sp³-hybridized carbons (Fsp3) is 0.227. The van der Waals surface area contributed by atoms with E-state index in [1.807, 2.05) is 0 Å². The van der Waals surface area contributed by atoms with E-state index in [1.165, 1.54) is 30.9 Å². The number of hydrogen-bond acceptors (Lipinski definition) is 6. The Balaban J connectivity index is 1.38. The number of hydrogen-bond donors (Lipinski definition) is 2. The molecule has 1 aliphatic carbocycles. The Labute approximate surface area is 190 Å². The highest BCUT2D eigenvalue weighted by Gasteiger charge is 2.51. The van der Waals surface area contributed by atoms with Gasteiger partial charge in [0.15, 0.2) is 0 Å². The van der Waals surface area contributed by atoms with Crippen LogP contribution in [0.4, 0.5) is 17.6 Å². The molecule has 0 radical (unpaired) electrons. The highest BCUT2D eigenvalue weighted by Crippen LogP contribution is 2.38. The van der Waals surface area contributed by atoms with Crippen molar-refractivity contribution >= 4 is 11.8 Å². The van der Waals surface area contributed by atoms with E-state index in [0.717, 1.165) is 24.4 Å². The SMILES string of the molecule is O=C(NC1(C(=O)NCc2ncc(Oc3ccccc3C(F)(F)F)cc2F)CC1)c1cncnc1. The number of pyridine rings is 1. The van der Waals surface area contributed by atoms with Crippen LogP contribution in [-0.2, 0) is 17.5 Å². The molecule has 1 fully saturated rings. The first kappa shape index (κ1) is 23.1. The fourth-order valence-electron chi connectivity index (χ4n) is 3.12. The zero-order valence-electron chi connectivity index (χ0n) is 17.4. The second-order valence-corrected chi connectivity index (χ2v) is 7.54. The average molecular weight is 475 g/mol. The summed E-state index contributed by atoms with van der Waals surface area (Å²) in [5.74, 6) is -2.64. The van der Waals surface area contributed by atoms with Crippen LogP contribution in [0.1, 0.15) is 34.5 Å². The maximum Gasteiger partial charge on any atom is 0.419 e. The summed E-state index contributed by atoms with van der Waals surface area (Å²) >= 11 is 0. The molecule has 1 saturated carbocycles. The fourth-order valence-corrected chi connectivity index (χ4v) is 3.12. The van der Waals surface area contributed by atoms with E-state index in [9.17, 15) is 27.2 Å². The molecule has 0 unspecified atom stereocenters. The van der Waals surface area contributed by atoms with Gasteiger partial charge in [0.1, 0.15) is 29.2 Å². The molecule has 2 N–H and O–H groups in total. The smallest absolute Gasteiger partial charge is 0.419 e. The predicted molar refractivity (Wildman–Crippen MR) is 109 cm³/mol. The molecule has 8 nitrogen and oxygen atoms in total. The standard InChI is InChI=1S/C22H17F4N5O3/c23-16-7-14(34-18-4-2-1-3-15(18)22(24,25)26)10-29-17(16)11-30-20(33)21(5-6-21)31-19(32)13-8-27-12-28-9-13/h1-4,7-10,12H,5-6,11H2,(H,30,33)(H,31,32). The van der Waals surface area contributed by atoms with E-state index in [0.29, 0.717) is 12.8 Å². The minimum atomic E-state index is -4.64. The van der Waals surface area contributed by atoms with Crippen molar-refractivity contribution in [3.05, 3.63) is 77.9 Å². The normalized spacial score (nSPS) is 14.2. The van der Waals surface area contributed by atoms with Crippen molar-refractivity contribution in [2.24, 2.45) is 0 Å². The van der Waals surface area contributed by atoms with Crippen molar-refractivity contribution in [2.45, 2.75) is 31.1 Å². The van der Waals surface area contributed by atoms with Crippen LogP contribution in [0, 0.1) is 5.82 Å². The monoisotopic (exact) mass is 475 g/mol. The van der Waals surface area contributed by atoms with Crippen LogP contribution < -0.4 is 15.4 Å². The number of nitrogens with zero attached hydrogens (tertiary/aromatic N) is 3. The van der Waals surface area contributed by atoms with Crippen molar-refractivity contribution < 1.29 is 31.9 Å². The molecule has 12 heteroatoms. The number of para-hydroxylation sites is 1. The summed E-state index contributed by atoms with van der Waals surface area (Å²) in [4.78, 5) is 36.2. The lowest BCUT2D eigenvalue weighted by Gasteiger charge is -2.17. The number of ether oxygens (including phenoxy) is 1. The molecular weight excluding hydrogens is 458 g/mol. The van der Waals surface area contributed by atoms with Crippen LogP contribution in [0.3, 0.4) is 0 Å². The first-order valence-electron chi connectivity index (χ1n) is 10.0. The van der Waals surface area contributed by atoms with Gasteiger partial charge in [-0.15, -0.1) is 0 Å². The molecule has 3 aromatic rings. The van der Waals surface area contributed by atoms with Gasteiger partial charge in [0.05, 0.1) is 29.6 Å². The molecule has 4 rings (SSSR count). The third-order valence-electron chi connectivity index (χ3n) is 5.09. The first-order valence-corrected chi connectivity index (χ1v) is 10.0. The number of amides is 2. The van der Waals surface area contributed by atoms with Crippen LogP contribution in [-0.4, -0.2) is 32.3 Å². The van der Waals surface area contributed by atoms with Gasteiger partial charge in [-0.3, -0.25) is 14.6 Å². The quantitative estimate of drug-likeness (QED) is 0.508. The molecule has 1 aliphatic rings. The molecule has 2 heterocycles. The molecule has 0 saturated heterocycles. The molecular formula is C22H17F4N5O3. The van der Waals surface area contributed by atoms with E-state index in [1.54, 1.807) is 0 Å². The van der Waals surface area contributed by atoms with Gasteiger partial charge in [0, 0.05) is 18.5 Å². The molecule has 0 atom stereocenters. The number of rotatable bonds is 7. The third kappa shape index (κ3) is 5.11. The Bertz CT molecular complexity index is 1220. The summed E-state index contributed by atoms with van der Waals surface area (Å²) in [5.41, 5.74) is -2.08. The van der Waals surface area contributed by atoms with Crippen molar-refractivity contribution in [1.82, 2.24) is 25.6 Å². The summed E-state index contributed by atoms with van der Waals surface area (Å²) < 4.78 is 59.0. The number of benzene rings is 1. The van der Waals surface area contributed by atoms with Gasteiger partial charge in [0.2, 0.25) is 5.91 Å². The van der Waals surface area contributed by atoms with Crippen LogP contribution in [0.15, 0.2) is 55.2 Å². The van der Waals surface area contributed by atoms with Crippen molar-refractivity contribution in [1.29, 1.82) is 0 Å². The number of halogens is 4. The minimum Gasteiger partial charge on any atom is -0.455 e. The van der Waals surface area contributed by atoms with E-state index < -0.39 is 40.7 Å². The van der Waals surface area contributed by atoms with E-state index in [-0.39, 0.29) is 23.6 Å². The molecule has 1 aromatic carbocycles. The van der Waals surface area contributed by atoms with Gasteiger partial charge in [-0.2, -0.15) is 13.2 Å². The molecule has 0 aliphatic heterocycles. The van der Waals surface area contributed by atoms with E-state index >= 15 is 0 Å². The van der Waals surface area contributed by atoms with Crippen LogP contribution in [0.25, 0.3) is 0 Å². The van der Waals surface area contributed by atoms with Crippen LogP contribution in [0.2, 0.25) is 0 Å². The maximum absolute atomic E-state index is 14.5. The summed E-state index contributed by atoms with van der Waals surface area (Å²) in [6, 6.07) is 5.41. The Morgan fingerprint density at radius 1 is 1.09 bits per heavy atom. The lowest BCUT2D eigenvalue weighted by molar-refractivity contribution is -0.138. The van der Waals surface area contributed by atoms with Gasteiger partial charge in [0.25, 0.3) is 5.91 Å². The van der Waals surface area contributed by atoms with Gasteiger partial charge in [-0.1, -0.05) is 12.1 Å². The number of carbonyl (C=O) groups excluding carboxylic acids is 2. The Morgan fingerprint density at radius 2 is 1.79 bits per heavy atom. The molecule has 176 valence electrons. The van der Waals surface area contributed by atoms with Crippen LogP contribution >= 0.6 is 0 Å². The minimum absolute atomic E-state index is 0.150. The summed E-state index contributed by atoms with van der Waals surface area (Å²) in [7, 11) is 0. The first-order chi connectivity index (χ1) is 16.2. The van der Waals surface area contributed by atoms with Gasteiger partial charge in [-0.25, -0.2) is 14.4 Å². The zero-order valence-corrected chi connectivity index (χ0v) is 17.4. The molecule has 2 aromatic heterocycles. The predicted octanol–water partition coefficient (Wildman–Crippen LogP) is 3.40. The third-order valence-corrected chi connectivity index (χ3v) is 5.09. The molecule has 34 heavy (non-hydrogen) atoms. The van der Waals surface area contributed by atoms with E-state index in [2.05, 4.69) is 25.6 Å². The van der Waals surface area contributed by atoms with E-state index in [4.69, 9.17) is 4.74 Å². The Kier molecular flexibility index (Phi) is 6.14. The van der Waals surface area contributed by atoms with Crippen molar-refractivity contribution in [3.8, 4) is 11.5 Å². The topological polar surface area (TPSA) is 106 Å². The van der Waals surface area contributed by atoms with Gasteiger partial charge < -0.3 is 15.4 Å². The second-order valence-electron chi connectivity index (χ2n) is 7.54. The number of alkyl halides is 3.